The van der Waals surface area contributed by atoms with Gasteiger partial charge in [-0.05, 0) is 52.6 Å². The summed E-state index contributed by atoms with van der Waals surface area (Å²) >= 11 is 3.64. The molecule has 0 atom stereocenters. The molecule has 1 heterocycles. The van der Waals surface area contributed by atoms with Crippen LogP contribution in [0.25, 0.3) is 33.5 Å². The van der Waals surface area contributed by atoms with Crippen molar-refractivity contribution in [2.24, 2.45) is 0 Å². The monoisotopic (exact) mass is 385 g/mol. The Morgan fingerprint density at radius 2 is 1.12 bits per heavy atom. The Hall–Kier alpha value is -2.71. The van der Waals surface area contributed by atoms with Crippen LogP contribution in [0.3, 0.4) is 0 Å². The van der Waals surface area contributed by atoms with E-state index >= 15 is 0 Å². The van der Waals surface area contributed by atoms with Gasteiger partial charge in [-0.3, -0.25) is 4.98 Å². The van der Waals surface area contributed by atoms with E-state index in [1.54, 1.807) is 0 Å². The summed E-state index contributed by atoms with van der Waals surface area (Å²) in [4.78, 5) is 4.59. The Morgan fingerprint density at radius 1 is 0.520 bits per heavy atom. The molecule has 0 aliphatic heterocycles. The van der Waals surface area contributed by atoms with E-state index < -0.39 is 0 Å². The van der Waals surface area contributed by atoms with Gasteiger partial charge in [-0.2, -0.15) is 0 Å². The minimum absolute atomic E-state index is 0.972. The van der Waals surface area contributed by atoms with Gasteiger partial charge in [-0.25, -0.2) is 0 Å². The van der Waals surface area contributed by atoms with Gasteiger partial charge in [0.05, 0.1) is 5.69 Å². The predicted octanol–water partition coefficient (Wildman–Crippen LogP) is 6.85. The Balaban J connectivity index is 1.79. The maximum absolute atomic E-state index is 4.59. The molecule has 0 saturated carbocycles. The van der Waals surface area contributed by atoms with Crippen molar-refractivity contribution >= 4 is 15.9 Å². The largest absolute Gasteiger partial charge is 0.256 e. The molecule has 0 N–H and O–H groups in total. The van der Waals surface area contributed by atoms with Crippen LogP contribution < -0.4 is 0 Å². The maximum atomic E-state index is 4.59. The van der Waals surface area contributed by atoms with Crippen molar-refractivity contribution in [1.29, 1.82) is 0 Å². The van der Waals surface area contributed by atoms with Crippen molar-refractivity contribution in [3.8, 4) is 33.5 Å². The molecule has 3 aromatic carbocycles. The molecule has 0 aliphatic rings. The fourth-order valence-corrected chi connectivity index (χ4v) is 3.43. The van der Waals surface area contributed by atoms with Gasteiger partial charge in [0.1, 0.15) is 0 Å². The minimum Gasteiger partial charge on any atom is -0.256 e. The molecule has 25 heavy (non-hydrogen) atoms. The lowest BCUT2D eigenvalue weighted by atomic mass is 10.00. The van der Waals surface area contributed by atoms with Crippen LogP contribution in [-0.4, -0.2) is 4.98 Å². The molecule has 0 saturated heterocycles. The second kappa shape index (κ2) is 7.04. The first-order valence-corrected chi connectivity index (χ1v) is 8.97. The lowest BCUT2D eigenvalue weighted by Crippen LogP contribution is -1.87. The number of benzene rings is 3. The van der Waals surface area contributed by atoms with Crippen molar-refractivity contribution in [3.63, 3.8) is 0 Å². The van der Waals surface area contributed by atoms with Gasteiger partial charge in [0.15, 0.2) is 0 Å². The molecule has 0 fully saturated rings. The van der Waals surface area contributed by atoms with Crippen LogP contribution in [0.1, 0.15) is 0 Å². The molecule has 0 radical (unpaired) electrons. The number of aromatic nitrogens is 1. The van der Waals surface area contributed by atoms with Crippen molar-refractivity contribution < 1.29 is 0 Å². The summed E-state index contributed by atoms with van der Waals surface area (Å²) in [6.45, 7) is 0. The highest BCUT2D eigenvalue weighted by Gasteiger charge is 2.07. The number of halogens is 1. The Labute approximate surface area is 156 Å². The standard InChI is InChI=1S/C23H16BrN/c24-22-14-20(18-9-5-2-6-10-18)13-21(15-22)23-16-19(11-12-25-23)17-7-3-1-4-8-17/h1-16H. The molecular formula is C23H16BrN. The summed E-state index contributed by atoms with van der Waals surface area (Å²) in [6.07, 6.45) is 1.88. The summed E-state index contributed by atoms with van der Waals surface area (Å²) in [5, 5.41) is 0. The highest BCUT2D eigenvalue weighted by atomic mass is 79.9. The molecule has 4 rings (SSSR count). The van der Waals surface area contributed by atoms with E-state index in [4.69, 9.17) is 0 Å². The van der Waals surface area contributed by atoms with Crippen LogP contribution in [0.4, 0.5) is 0 Å². The SMILES string of the molecule is Brc1cc(-c2ccccc2)cc(-c2cc(-c3ccccc3)ccn2)c1. The number of hydrogen-bond acceptors (Lipinski definition) is 1. The first-order chi connectivity index (χ1) is 12.3. The minimum atomic E-state index is 0.972. The second-order valence-electron chi connectivity index (χ2n) is 5.89. The third-order valence-corrected chi connectivity index (χ3v) is 4.63. The Bertz CT molecular complexity index is 995. The zero-order chi connectivity index (χ0) is 17.1. The molecule has 0 bridgehead atoms. The first-order valence-electron chi connectivity index (χ1n) is 8.17. The first kappa shape index (κ1) is 15.8. The molecule has 0 amide bonds. The number of rotatable bonds is 3. The van der Waals surface area contributed by atoms with Gasteiger partial charge in [0, 0.05) is 16.2 Å². The highest BCUT2D eigenvalue weighted by Crippen LogP contribution is 2.31. The molecule has 1 nitrogen and oxygen atoms in total. The predicted molar refractivity (Wildman–Crippen MR) is 108 cm³/mol. The summed E-state index contributed by atoms with van der Waals surface area (Å²) in [5.41, 5.74) is 6.82. The topological polar surface area (TPSA) is 12.9 Å². The normalized spacial score (nSPS) is 10.6. The van der Waals surface area contributed by atoms with Gasteiger partial charge >= 0.3 is 0 Å². The molecule has 120 valence electrons. The van der Waals surface area contributed by atoms with Crippen molar-refractivity contribution in [1.82, 2.24) is 4.98 Å². The summed E-state index contributed by atoms with van der Waals surface area (Å²) in [5.74, 6) is 0. The summed E-state index contributed by atoms with van der Waals surface area (Å²) in [7, 11) is 0. The van der Waals surface area contributed by atoms with Gasteiger partial charge < -0.3 is 0 Å². The van der Waals surface area contributed by atoms with Crippen molar-refractivity contribution in [2.75, 3.05) is 0 Å². The van der Waals surface area contributed by atoms with Crippen LogP contribution in [0, 0.1) is 0 Å². The van der Waals surface area contributed by atoms with Gasteiger partial charge in [0.2, 0.25) is 0 Å². The smallest absolute Gasteiger partial charge is 0.0708 e. The van der Waals surface area contributed by atoms with E-state index in [0.29, 0.717) is 0 Å². The van der Waals surface area contributed by atoms with Crippen molar-refractivity contribution in [2.45, 2.75) is 0 Å². The van der Waals surface area contributed by atoms with Crippen LogP contribution >= 0.6 is 15.9 Å². The van der Waals surface area contributed by atoms with Gasteiger partial charge in [-0.15, -0.1) is 0 Å². The van der Waals surface area contributed by atoms with E-state index in [1.165, 1.54) is 22.3 Å². The maximum Gasteiger partial charge on any atom is 0.0708 e. The molecule has 2 heteroatoms. The number of pyridine rings is 1. The van der Waals surface area contributed by atoms with Gasteiger partial charge in [0.25, 0.3) is 0 Å². The number of hydrogen-bond donors (Lipinski definition) is 0. The van der Waals surface area contributed by atoms with E-state index in [-0.39, 0.29) is 0 Å². The quantitative estimate of drug-likeness (QED) is 0.375. The average molecular weight is 386 g/mol. The third-order valence-electron chi connectivity index (χ3n) is 4.17. The summed E-state index contributed by atoms with van der Waals surface area (Å²) < 4.78 is 1.05. The fourth-order valence-electron chi connectivity index (χ4n) is 2.93. The lowest BCUT2D eigenvalue weighted by molar-refractivity contribution is 1.32. The summed E-state index contributed by atoms with van der Waals surface area (Å²) in [6, 6.07) is 31.4. The molecule has 1 aromatic heterocycles. The highest BCUT2D eigenvalue weighted by molar-refractivity contribution is 9.10. The molecule has 4 aromatic rings. The third kappa shape index (κ3) is 3.54. The van der Waals surface area contributed by atoms with E-state index in [2.05, 4.69) is 99.8 Å². The molecule has 0 unspecified atom stereocenters. The number of nitrogens with zero attached hydrogens (tertiary/aromatic N) is 1. The molecule has 0 spiro atoms. The van der Waals surface area contributed by atoms with Gasteiger partial charge in [-0.1, -0.05) is 76.6 Å². The van der Waals surface area contributed by atoms with Crippen molar-refractivity contribution in [3.05, 3.63) is 102 Å². The Morgan fingerprint density at radius 3 is 1.80 bits per heavy atom. The van der Waals surface area contributed by atoms with Crippen LogP contribution in [0.2, 0.25) is 0 Å². The fraction of sp³-hybridized carbons (Fsp3) is 0. The van der Waals surface area contributed by atoms with Crippen LogP contribution in [0.15, 0.2) is 102 Å². The van der Waals surface area contributed by atoms with E-state index in [1.807, 2.05) is 18.3 Å². The van der Waals surface area contributed by atoms with E-state index in [9.17, 15) is 0 Å². The zero-order valence-electron chi connectivity index (χ0n) is 13.6. The van der Waals surface area contributed by atoms with Crippen LogP contribution in [0.5, 0.6) is 0 Å². The lowest BCUT2D eigenvalue weighted by Gasteiger charge is -2.09. The van der Waals surface area contributed by atoms with Crippen LogP contribution in [-0.2, 0) is 0 Å². The molecule has 0 aliphatic carbocycles. The second-order valence-corrected chi connectivity index (χ2v) is 6.81. The molecular weight excluding hydrogens is 370 g/mol. The zero-order valence-corrected chi connectivity index (χ0v) is 15.1. The van der Waals surface area contributed by atoms with E-state index in [0.717, 1.165) is 15.7 Å². The average Bonchev–Trinajstić information content (AvgIpc) is 2.69. The Kier molecular flexibility index (Phi) is 4.45.